The number of rotatable bonds is 7. The number of aromatic nitrogens is 2. The molecule has 0 radical (unpaired) electrons. The van der Waals surface area contributed by atoms with Crippen molar-refractivity contribution < 1.29 is 23.2 Å². The highest BCUT2D eigenvalue weighted by Gasteiger charge is 2.16. The van der Waals surface area contributed by atoms with E-state index in [1.165, 1.54) is 18.2 Å². The first-order valence-electron chi connectivity index (χ1n) is 8.37. The van der Waals surface area contributed by atoms with Crippen molar-refractivity contribution in [1.29, 1.82) is 0 Å². The number of halogens is 1. The molecule has 28 heavy (non-hydrogen) atoms. The molecule has 0 fully saturated rings. The summed E-state index contributed by atoms with van der Waals surface area (Å²) in [5, 5.41) is 8.83. The number of amides is 2. The molecule has 0 aliphatic heterocycles. The summed E-state index contributed by atoms with van der Waals surface area (Å²) in [6, 6.07) is 12.6. The van der Waals surface area contributed by atoms with Crippen LogP contribution in [0.2, 0.25) is 0 Å². The predicted molar refractivity (Wildman–Crippen MR) is 97.4 cm³/mol. The highest BCUT2D eigenvalue weighted by molar-refractivity contribution is 5.94. The van der Waals surface area contributed by atoms with Gasteiger partial charge in [0.2, 0.25) is 5.82 Å². The highest BCUT2D eigenvalue weighted by Crippen LogP contribution is 2.19. The number of hydrogen-bond donors (Lipinski definition) is 2. The predicted octanol–water partition coefficient (Wildman–Crippen LogP) is 2.04. The van der Waals surface area contributed by atoms with Gasteiger partial charge in [0.1, 0.15) is 11.6 Å². The van der Waals surface area contributed by atoms with Gasteiger partial charge >= 0.3 is 11.8 Å². The van der Waals surface area contributed by atoms with Crippen LogP contribution in [0.4, 0.5) is 4.39 Å². The molecule has 0 aliphatic rings. The van der Waals surface area contributed by atoms with Gasteiger partial charge in [0.15, 0.2) is 0 Å². The molecular formula is C19H17FN4O4. The Morgan fingerprint density at radius 1 is 1.04 bits per heavy atom. The number of benzene rings is 2. The third-order valence-corrected chi connectivity index (χ3v) is 3.78. The molecule has 2 amide bonds. The summed E-state index contributed by atoms with van der Waals surface area (Å²) < 4.78 is 23.6. The molecule has 0 saturated carbocycles. The second kappa shape index (κ2) is 8.76. The lowest BCUT2D eigenvalue weighted by atomic mass is 10.2. The van der Waals surface area contributed by atoms with Gasteiger partial charge in [0, 0.05) is 18.7 Å². The van der Waals surface area contributed by atoms with Crippen molar-refractivity contribution in [3.8, 4) is 17.1 Å². The van der Waals surface area contributed by atoms with E-state index in [4.69, 9.17) is 9.26 Å². The lowest BCUT2D eigenvalue weighted by Crippen LogP contribution is -2.35. The summed E-state index contributed by atoms with van der Waals surface area (Å²) in [6.45, 7) is 0.220. The average Bonchev–Trinajstić information content (AvgIpc) is 3.21. The maximum absolute atomic E-state index is 13.5. The second-order valence-electron chi connectivity index (χ2n) is 5.64. The SMILES string of the molecule is COc1ccc(-c2noc(C(=O)NCCNC(=O)c3ccccc3F)n2)cc1. The molecule has 1 aromatic heterocycles. The fourth-order valence-corrected chi connectivity index (χ4v) is 2.34. The largest absolute Gasteiger partial charge is 0.497 e. The Labute approximate surface area is 159 Å². The van der Waals surface area contributed by atoms with E-state index in [2.05, 4.69) is 20.8 Å². The zero-order valence-corrected chi connectivity index (χ0v) is 14.9. The van der Waals surface area contributed by atoms with Crippen molar-refractivity contribution in [2.24, 2.45) is 0 Å². The Morgan fingerprint density at radius 2 is 1.71 bits per heavy atom. The molecular weight excluding hydrogens is 367 g/mol. The van der Waals surface area contributed by atoms with Gasteiger partial charge in [-0.3, -0.25) is 9.59 Å². The van der Waals surface area contributed by atoms with Crippen molar-refractivity contribution in [3.63, 3.8) is 0 Å². The summed E-state index contributed by atoms with van der Waals surface area (Å²) in [6.07, 6.45) is 0. The first-order valence-corrected chi connectivity index (χ1v) is 8.37. The molecule has 1 heterocycles. The van der Waals surface area contributed by atoms with Crippen LogP contribution in [0.5, 0.6) is 5.75 Å². The van der Waals surface area contributed by atoms with E-state index in [9.17, 15) is 14.0 Å². The lowest BCUT2D eigenvalue weighted by Gasteiger charge is -2.06. The number of nitrogens with zero attached hydrogens (tertiary/aromatic N) is 2. The Hall–Kier alpha value is -3.75. The fourth-order valence-electron chi connectivity index (χ4n) is 2.34. The number of carbonyl (C=O) groups is 2. The van der Waals surface area contributed by atoms with Crippen LogP contribution in [0, 0.1) is 5.82 Å². The monoisotopic (exact) mass is 384 g/mol. The van der Waals surface area contributed by atoms with Gasteiger partial charge in [-0.25, -0.2) is 4.39 Å². The number of nitrogens with one attached hydrogen (secondary N) is 2. The minimum absolute atomic E-state index is 0.0603. The normalized spacial score (nSPS) is 10.4. The third-order valence-electron chi connectivity index (χ3n) is 3.78. The summed E-state index contributed by atoms with van der Waals surface area (Å²) in [5.74, 6) is -1.00. The van der Waals surface area contributed by atoms with Crippen LogP contribution in [0.25, 0.3) is 11.4 Å². The fraction of sp³-hybridized carbons (Fsp3) is 0.158. The van der Waals surface area contributed by atoms with Gasteiger partial charge in [-0.1, -0.05) is 17.3 Å². The van der Waals surface area contributed by atoms with Gasteiger partial charge < -0.3 is 19.9 Å². The standard InChI is InChI=1S/C19H17FN4O4/c1-27-13-8-6-12(7-9-13)16-23-19(28-24-16)18(26)22-11-10-21-17(25)14-4-2-3-5-15(14)20/h2-9H,10-11H2,1H3,(H,21,25)(H,22,26). The Balaban J connectivity index is 1.49. The van der Waals surface area contributed by atoms with Crippen molar-refractivity contribution in [3.05, 3.63) is 65.8 Å². The van der Waals surface area contributed by atoms with Gasteiger partial charge in [0.25, 0.3) is 5.91 Å². The molecule has 2 aromatic carbocycles. The van der Waals surface area contributed by atoms with Crippen LogP contribution in [-0.4, -0.2) is 42.2 Å². The van der Waals surface area contributed by atoms with Crippen molar-refractivity contribution in [2.75, 3.05) is 20.2 Å². The molecule has 0 spiro atoms. The Bertz CT molecular complexity index is 972. The van der Waals surface area contributed by atoms with Crippen LogP contribution in [0.1, 0.15) is 21.0 Å². The van der Waals surface area contributed by atoms with Gasteiger partial charge in [-0.05, 0) is 36.4 Å². The van der Waals surface area contributed by atoms with Gasteiger partial charge in [-0.15, -0.1) is 0 Å². The number of methoxy groups -OCH3 is 1. The van der Waals surface area contributed by atoms with Crippen molar-refractivity contribution in [2.45, 2.75) is 0 Å². The zero-order chi connectivity index (χ0) is 19.9. The smallest absolute Gasteiger partial charge is 0.316 e. The lowest BCUT2D eigenvalue weighted by molar-refractivity contribution is 0.0897. The van der Waals surface area contributed by atoms with E-state index in [-0.39, 0.29) is 30.4 Å². The summed E-state index contributed by atoms with van der Waals surface area (Å²) in [4.78, 5) is 28.0. The molecule has 2 N–H and O–H groups in total. The van der Waals surface area contributed by atoms with Crippen LogP contribution in [0.3, 0.4) is 0 Å². The van der Waals surface area contributed by atoms with Crippen LogP contribution in [0.15, 0.2) is 53.1 Å². The summed E-state index contributed by atoms with van der Waals surface area (Å²) >= 11 is 0. The van der Waals surface area contributed by atoms with Gasteiger partial charge in [-0.2, -0.15) is 4.98 Å². The molecule has 0 saturated heterocycles. The summed E-state index contributed by atoms with van der Waals surface area (Å²) in [7, 11) is 1.56. The molecule has 0 unspecified atom stereocenters. The van der Waals surface area contributed by atoms with E-state index >= 15 is 0 Å². The molecule has 0 atom stereocenters. The molecule has 8 nitrogen and oxygen atoms in total. The maximum Gasteiger partial charge on any atom is 0.316 e. The molecule has 9 heteroatoms. The van der Waals surface area contributed by atoms with E-state index in [0.29, 0.717) is 11.3 Å². The molecule has 144 valence electrons. The topological polar surface area (TPSA) is 106 Å². The average molecular weight is 384 g/mol. The van der Waals surface area contributed by atoms with E-state index in [1.807, 2.05) is 0 Å². The van der Waals surface area contributed by atoms with E-state index in [0.717, 1.165) is 0 Å². The number of hydrogen-bond acceptors (Lipinski definition) is 6. The van der Waals surface area contributed by atoms with Crippen LogP contribution < -0.4 is 15.4 Å². The number of carbonyl (C=O) groups excluding carboxylic acids is 2. The summed E-state index contributed by atoms with van der Waals surface area (Å²) in [5.41, 5.74) is 0.607. The van der Waals surface area contributed by atoms with Gasteiger partial charge in [0.05, 0.1) is 12.7 Å². The van der Waals surface area contributed by atoms with Crippen molar-refractivity contribution in [1.82, 2.24) is 20.8 Å². The maximum atomic E-state index is 13.5. The van der Waals surface area contributed by atoms with Crippen LogP contribution >= 0.6 is 0 Å². The molecule has 3 rings (SSSR count). The Morgan fingerprint density at radius 3 is 2.39 bits per heavy atom. The van der Waals surface area contributed by atoms with Crippen molar-refractivity contribution >= 4 is 11.8 Å². The molecule has 3 aromatic rings. The first kappa shape index (κ1) is 19.0. The third kappa shape index (κ3) is 4.50. The quantitative estimate of drug-likeness (QED) is 0.604. The van der Waals surface area contributed by atoms with E-state index < -0.39 is 17.6 Å². The molecule has 0 aliphatic carbocycles. The van der Waals surface area contributed by atoms with Crippen LogP contribution in [-0.2, 0) is 0 Å². The minimum Gasteiger partial charge on any atom is -0.497 e. The minimum atomic E-state index is -0.610. The highest BCUT2D eigenvalue weighted by atomic mass is 19.1. The number of ether oxygens (including phenoxy) is 1. The molecule has 0 bridgehead atoms. The van der Waals surface area contributed by atoms with E-state index in [1.54, 1.807) is 37.4 Å². The second-order valence-corrected chi connectivity index (χ2v) is 5.64. The zero-order valence-electron chi connectivity index (χ0n) is 14.9. The first-order chi connectivity index (χ1) is 13.6. The Kier molecular flexibility index (Phi) is 5.95.